The molecule has 2 N–H and O–H groups in total. The van der Waals surface area contributed by atoms with Crippen LogP contribution in [0, 0.1) is 0 Å². The molecule has 0 aliphatic carbocycles. The van der Waals surface area contributed by atoms with Crippen molar-refractivity contribution >= 4 is 35.1 Å². The van der Waals surface area contributed by atoms with Crippen molar-refractivity contribution in [3.8, 4) is 0 Å². The molecule has 1 aromatic carbocycles. The number of amides is 2. The Hall–Kier alpha value is -2.49. The van der Waals surface area contributed by atoms with Gasteiger partial charge in [0.05, 0.1) is 18.1 Å². The molecular weight excluding hydrogens is 379 g/mol. The number of hydrogen-bond donors (Lipinski definition) is 2. The Kier molecular flexibility index (Phi) is 6.04. The van der Waals surface area contributed by atoms with E-state index >= 15 is 0 Å². The van der Waals surface area contributed by atoms with Crippen LogP contribution in [0.15, 0.2) is 41.6 Å². The average Bonchev–Trinajstić information content (AvgIpc) is 2.63. The fraction of sp³-hybridized carbons (Fsp3) is 0.353. The van der Waals surface area contributed by atoms with E-state index in [4.69, 9.17) is 0 Å². The highest BCUT2D eigenvalue weighted by atomic mass is 32.2. The van der Waals surface area contributed by atoms with Gasteiger partial charge in [-0.15, -0.1) is 0 Å². The number of urea groups is 1. The van der Waals surface area contributed by atoms with Crippen LogP contribution in [-0.2, 0) is 0 Å². The number of carbonyl (C=O) groups is 1. The molecule has 6 nitrogen and oxygen atoms in total. The quantitative estimate of drug-likeness (QED) is 0.731. The molecule has 0 bridgehead atoms. The monoisotopic (exact) mass is 397 g/mol. The van der Waals surface area contributed by atoms with E-state index in [-0.39, 0.29) is 16.7 Å². The molecule has 1 aliphatic heterocycles. The lowest BCUT2D eigenvalue weighted by molar-refractivity contribution is -0.0328. The molecule has 2 amide bonds. The summed E-state index contributed by atoms with van der Waals surface area (Å²) in [6.45, 7) is 1.85. The molecule has 10 heteroatoms. The standard InChI is InChI=1S/C17H18F3N5OS/c18-17(19,20)27-14-6-4-12(5-7-14)23-16(26)24-13-10-21-15(22-11-13)25-8-2-1-3-9-25/h4-7,10-11H,1-3,8-9H2,(H2,23,24,26). The molecule has 1 fully saturated rings. The van der Waals surface area contributed by atoms with Crippen LogP contribution in [-0.4, -0.2) is 34.6 Å². The Morgan fingerprint density at radius 2 is 1.56 bits per heavy atom. The molecule has 0 atom stereocenters. The summed E-state index contributed by atoms with van der Waals surface area (Å²) in [4.78, 5) is 22.7. The van der Waals surface area contributed by atoms with E-state index in [1.807, 2.05) is 0 Å². The first-order chi connectivity index (χ1) is 12.9. The van der Waals surface area contributed by atoms with Crippen molar-refractivity contribution in [2.45, 2.75) is 29.7 Å². The first kappa shape index (κ1) is 19.3. The van der Waals surface area contributed by atoms with Crippen LogP contribution < -0.4 is 15.5 Å². The van der Waals surface area contributed by atoms with E-state index in [2.05, 4.69) is 25.5 Å². The summed E-state index contributed by atoms with van der Waals surface area (Å²) in [5.41, 5.74) is -3.53. The minimum atomic E-state index is -4.34. The second kappa shape index (κ2) is 8.47. The number of nitrogens with one attached hydrogen (secondary N) is 2. The average molecular weight is 397 g/mol. The summed E-state index contributed by atoms with van der Waals surface area (Å²) in [6.07, 6.45) is 6.50. The maximum absolute atomic E-state index is 12.3. The number of rotatable bonds is 4. The van der Waals surface area contributed by atoms with Gasteiger partial charge in [0.1, 0.15) is 0 Å². The van der Waals surface area contributed by atoms with Crippen molar-refractivity contribution in [3.05, 3.63) is 36.7 Å². The molecular formula is C17H18F3N5OS. The van der Waals surface area contributed by atoms with Gasteiger partial charge >= 0.3 is 11.5 Å². The molecule has 0 saturated carbocycles. The smallest absolute Gasteiger partial charge is 0.341 e. The van der Waals surface area contributed by atoms with E-state index in [1.54, 1.807) is 0 Å². The number of halogens is 3. The molecule has 0 radical (unpaired) electrons. The fourth-order valence-electron chi connectivity index (χ4n) is 2.68. The van der Waals surface area contributed by atoms with Gasteiger partial charge in [-0.1, -0.05) is 0 Å². The van der Waals surface area contributed by atoms with Crippen LogP contribution in [0.25, 0.3) is 0 Å². The van der Waals surface area contributed by atoms with Crippen LogP contribution in [0.1, 0.15) is 19.3 Å². The first-order valence-electron chi connectivity index (χ1n) is 8.40. The zero-order chi connectivity index (χ0) is 19.3. The Bertz CT molecular complexity index is 762. The predicted octanol–water partition coefficient (Wildman–Crippen LogP) is 4.72. The number of nitrogens with zero attached hydrogens (tertiary/aromatic N) is 3. The first-order valence-corrected chi connectivity index (χ1v) is 9.21. The number of thioether (sulfide) groups is 1. The lowest BCUT2D eigenvalue weighted by Gasteiger charge is -2.26. The third kappa shape index (κ3) is 6.02. The van der Waals surface area contributed by atoms with E-state index < -0.39 is 11.5 Å². The Morgan fingerprint density at radius 1 is 0.963 bits per heavy atom. The number of benzene rings is 1. The Morgan fingerprint density at radius 3 is 2.15 bits per heavy atom. The van der Waals surface area contributed by atoms with Crippen LogP contribution in [0.2, 0.25) is 0 Å². The van der Waals surface area contributed by atoms with Crippen LogP contribution in [0.3, 0.4) is 0 Å². The molecule has 2 heterocycles. The predicted molar refractivity (Wildman–Crippen MR) is 99.1 cm³/mol. The summed E-state index contributed by atoms with van der Waals surface area (Å²) in [7, 11) is 0. The molecule has 1 aliphatic rings. The van der Waals surface area contributed by atoms with Gasteiger partial charge < -0.3 is 15.5 Å². The van der Waals surface area contributed by atoms with Crippen LogP contribution >= 0.6 is 11.8 Å². The summed E-state index contributed by atoms with van der Waals surface area (Å²) >= 11 is -0.205. The van der Waals surface area contributed by atoms with Crippen LogP contribution in [0.4, 0.5) is 35.3 Å². The van der Waals surface area contributed by atoms with Crippen molar-refractivity contribution in [2.24, 2.45) is 0 Å². The maximum Gasteiger partial charge on any atom is 0.446 e. The lowest BCUT2D eigenvalue weighted by atomic mass is 10.1. The summed E-state index contributed by atoms with van der Waals surface area (Å²) in [6, 6.07) is 4.88. The van der Waals surface area contributed by atoms with Gasteiger partial charge in [0, 0.05) is 23.7 Å². The van der Waals surface area contributed by atoms with Crippen molar-refractivity contribution in [1.29, 1.82) is 0 Å². The highest BCUT2D eigenvalue weighted by Crippen LogP contribution is 2.37. The zero-order valence-electron chi connectivity index (χ0n) is 14.3. The Balaban J connectivity index is 1.53. The summed E-state index contributed by atoms with van der Waals surface area (Å²) in [5.74, 6) is 0.637. The van der Waals surface area contributed by atoms with Crippen molar-refractivity contribution in [1.82, 2.24) is 9.97 Å². The number of carbonyl (C=O) groups excluding carboxylic acids is 1. The minimum absolute atomic E-state index is 0.0511. The summed E-state index contributed by atoms with van der Waals surface area (Å²) in [5, 5.41) is 5.15. The van der Waals surface area contributed by atoms with Gasteiger partial charge in [0.25, 0.3) is 0 Å². The van der Waals surface area contributed by atoms with Crippen molar-refractivity contribution < 1.29 is 18.0 Å². The second-order valence-corrected chi connectivity index (χ2v) is 7.11. The second-order valence-electron chi connectivity index (χ2n) is 5.97. The highest BCUT2D eigenvalue weighted by molar-refractivity contribution is 8.00. The maximum atomic E-state index is 12.3. The third-order valence-corrected chi connectivity index (χ3v) is 4.62. The molecule has 1 aromatic heterocycles. The van der Waals surface area contributed by atoms with Crippen LogP contribution in [0.5, 0.6) is 0 Å². The third-order valence-electron chi connectivity index (χ3n) is 3.88. The van der Waals surface area contributed by atoms with Gasteiger partial charge in [-0.05, 0) is 55.3 Å². The van der Waals surface area contributed by atoms with E-state index in [0.717, 1.165) is 25.9 Å². The SMILES string of the molecule is O=C(Nc1ccc(SC(F)(F)F)cc1)Nc1cnc(N2CCCCC2)nc1. The van der Waals surface area contributed by atoms with Crippen molar-refractivity contribution in [3.63, 3.8) is 0 Å². The number of anilines is 3. The van der Waals surface area contributed by atoms with Gasteiger partial charge in [0.2, 0.25) is 5.95 Å². The van der Waals surface area contributed by atoms with E-state index in [0.29, 0.717) is 17.3 Å². The normalized spacial score (nSPS) is 14.7. The topological polar surface area (TPSA) is 70.2 Å². The molecule has 2 aromatic rings. The van der Waals surface area contributed by atoms with Gasteiger partial charge in [-0.3, -0.25) is 0 Å². The number of piperidine rings is 1. The van der Waals surface area contributed by atoms with Gasteiger partial charge in [-0.25, -0.2) is 14.8 Å². The van der Waals surface area contributed by atoms with Gasteiger partial charge in [0.15, 0.2) is 0 Å². The number of aromatic nitrogens is 2. The van der Waals surface area contributed by atoms with E-state index in [9.17, 15) is 18.0 Å². The molecule has 0 unspecified atom stereocenters. The molecule has 1 saturated heterocycles. The lowest BCUT2D eigenvalue weighted by Crippen LogP contribution is -2.31. The highest BCUT2D eigenvalue weighted by Gasteiger charge is 2.29. The van der Waals surface area contributed by atoms with E-state index in [1.165, 1.54) is 43.1 Å². The summed E-state index contributed by atoms with van der Waals surface area (Å²) < 4.78 is 36.9. The molecule has 27 heavy (non-hydrogen) atoms. The number of alkyl halides is 3. The number of hydrogen-bond acceptors (Lipinski definition) is 5. The zero-order valence-corrected chi connectivity index (χ0v) is 15.1. The molecule has 3 rings (SSSR count). The minimum Gasteiger partial charge on any atom is -0.341 e. The molecule has 0 spiro atoms. The molecule has 144 valence electrons. The Labute approximate surface area is 158 Å². The fourth-order valence-corrected chi connectivity index (χ4v) is 3.22. The van der Waals surface area contributed by atoms with Crippen molar-refractivity contribution in [2.75, 3.05) is 28.6 Å². The van der Waals surface area contributed by atoms with Gasteiger partial charge in [-0.2, -0.15) is 13.2 Å². The largest absolute Gasteiger partial charge is 0.446 e.